The van der Waals surface area contributed by atoms with E-state index in [1.807, 2.05) is 0 Å². The van der Waals surface area contributed by atoms with E-state index in [1.165, 1.54) is 0 Å². The first-order chi connectivity index (χ1) is 16.6. The molecule has 2 rings (SSSR count). The molecule has 0 heterocycles. The van der Waals surface area contributed by atoms with Gasteiger partial charge in [-0.1, -0.05) is 60.7 Å². The van der Waals surface area contributed by atoms with Crippen molar-refractivity contribution in [3.05, 3.63) is 71.8 Å². The summed E-state index contributed by atoms with van der Waals surface area (Å²) in [6.07, 6.45) is -6.55. The van der Waals surface area contributed by atoms with Crippen molar-refractivity contribution in [2.75, 3.05) is 6.61 Å². The minimum atomic E-state index is -2.19. The van der Waals surface area contributed by atoms with Gasteiger partial charge in [-0.3, -0.25) is 14.4 Å². The van der Waals surface area contributed by atoms with Crippen molar-refractivity contribution >= 4 is 17.8 Å². The molecule has 0 radical (unpaired) electrons. The average molecular weight is 490 g/mol. The first kappa shape index (κ1) is 27.9. The van der Waals surface area contributed by atoms with Crippen LogP contribution < -0.4 is 16.4 Å². The van der Waals surface area contributed by atoms with Gasteiger partial charge in [-0.15, -0.1) is 0 Å². The van der Waals surface area contributed by atoms with Crippen molar-refractivity contribution in [3.8, 4) is 0 Å². The lowest BCUT2D eigenvalue weighted by atomic mass is 9.98. The molecule has 0 spiro atoms. The molecule has 0 fully saturated rings. The van der Waals surface area contributed by atoms with Crippen molar-refractivity contribution < 1.29 is 39.9 Å². The van der Waals surface area contributed by atoms with Crippen LogP contribution in [-0.2, 0) is 20.8 Å². The molecular weight excluding hydrogens is 458 g/mol. The summed E-state index contributed by atoms with van der Waals surface area (Å²) in [6.45, 7) is -0.817. The smallest absolute Gasteiger partial charge is 0.305 e. The molecule has 2 amide bonds. The summed E-state index contributed by atoms with van der Waals surface area (Å²) in [5.74, 6) is -3.07. The third-order valence-electron chi connectivity index (χ3n) is 5.41. The quantitative estimate of drug-likeness (QED) is 0.164. The number of hydrogen-bond acceptors (Lipinski definition) is 8. The number of benzene rings is 2. The van der Waals surface area contributed by atoms with E-state index in [-0.39, 0.29) is 6.42 Å². The number of carbonyl (C=O) groups is 3. The molecule has 0 aliphatic heterocycles. The fourth-order valence-corrected chi connectivity index (χ4v) is 3.44. The summed E-state index contributed by atoms with van der Waals surface area (Å²) < 4.78 is 0. The summed E-state index contributed by atoms with van der Waals surface area (Å²) >= 11 is 0. The molecule has 35 heavy (non-hydrogen) atoms. The van der Waals surface area contributed by atoms with Crippen LogP contribution in [0.25, 0.3) is 0 Å². The van der Waals surface area contributed by atoms with Gasteiger partial charge >= 0.3 is 5.97 Å². The second-order valence-electron chi connectivity index (χ2n) is 8.09. The van der Waals surface area contributed by atoms with Crippen molar-refractivity contribution in [2.24, 2.45) is 5.73 Å². The fourth-order valence-electron chi connectivity index (χ4n) is 3.44. The second-order valence-corrected chi connectivity index (χ2v) is 8.09. The predicted octanol–water partition coefficient (Wildman–Crippen LogP) is -1.55. The Balaban J connectivity index is 2.00. The average Bonchev–Trinajstić information content (AvgIpc) is 2.86. The Morgan fingerprint density at radius 1 is 0.829 bits per heavy atom. The number of rotatable bonds is 13. The van der Waals surface area contributed by atoms with Gasteiger partial charge in [0.05, 0.1) is 31.2 Å². The van der Waals surface area contributed by atoms with E-state index in [4.69, 9.17) is 10.8 Å². The number of aliphatic hydroxyl groups is 4. The maximum atomic E-state index is 12.5. The Hall–Kier alpha value is -3.35. The van der Waals surface area contributed by atoms with E-state index >= 15 is 0 Å². The number of nitrogens with one attached hydrogen (secondary N) is 2. The molecule has 11 nitrogen and oxygen atoms in total. The molecule has 0 aliphatic carbocycles. The molecule has 190 valence electrons. The van der Waals surface area contributed by atoms with Gasteiger partial charge in [-0.05, 0) is 17.5 Å². The monoisotopic (exact) mass is 489 g/mol. The summed E-state index contributed by atoms with van der Waals surface area (Å²) in [6, 6.07) is 13.6. The van der Waals surface area contributed by atoms with Crippen LogP contribution in [0.4, 0.5) is 0 Å². The molecule has 11 heteroatoms. The summed E-state index contributed by atoms with van der Waals surface area (Å²) in [7, 11) is 0. The topological polar surface area (TPSA) is 202 Å². The SMILES string of the molecule is NC(Cc1ccccc1)C(=O)NC(CO)C(O)C(O)C(O)C(=O)NC(CC(=O)O)c1ccccc1. The molecular formula is C24H31N3O8. The zero-order chi connectivity index (χ0) is 26.0. The number of carboxylic acids is 1. The molecule has 0 aromatic heterocycles. The normalized spacial score (nSPS) is 16.3. The van der Waals surface area contributed by atoms with E-state index in [9.17, 15) is 34.8 Å². The van der Waals surface area contributed by atoms with Crippen molar-refractivity contribution in [1.29, 1.82) is 0 Å². The van der Waals surface area contributed by atoms with Crippen LogP contribution in [-0.4, -0.2) is 80.3 Å². The maximum Gasteiger partial charge on any atom is 0.305 e. The Bertz CT molecular complexity index is 960. The zero-order valence-corrected chi connectivity index (χ0v) is 18.9. The number of aliphatic carboxylic acids is 1. The lowest BCUT2D eigenvalue weighted by molar-refractivity contribution is -0.145. The van der Waals surface area contributed by atoms with Gasteiger partial charge in [-0.25, -0.2) is 0 Å². The highest BCUT2D eigenvalue weighted by molar-refractivity contribution is 5.83. The van der Waals surface area contributed by atoms with E-state index in [0.29, 0.717) is 5.56 Å². The van der Waals surface area contributed by atoms with Crippen molar-refractivity contribution in [2.45, 2.75) is 49.3 Å². The number of aliphatic hydroxyl groups excluding tert-OH is 4. The van der Waals surface area contributed by atoms with Crippen LogP contribution in [0.1, 0.15) is 23.6 Å². The molecule has 6 unspecified atom stereocenters. The summed E-state index contributed by atoms with van der Waals surface area (Å²) in [4.78, 5) is 36.1. The fraction of sp³-hybridized carbons (Fsp3) is 0.375. The van der Waals surface area contributed by atoms with Gasteiger partial charge < -0.3 is 41.9 Å². The Kier molecular flexibility index (Phi) is 10.8. The van der Waals surface area contributed by atoms with Crippen LogP contribution in [0.3, 0.4) is 0 Å². The van der Waals surface area contributed by atoms with E-state index in [1.54, 1.807) is 60.7 Å². The van der Waals surface area contributed by atoms with Crippen LogP contribution >= 0.6 is 0 Å². The van der Waals surface area contributed by atoms with E-state index < -0.39 is 67.2 Å². The third-order valence-corrected chi connectivity index (χ3v) is 5.41. The first-order valence-corrected chi connectivity index (χ1v) is 11.0. The van der Waals surface area contributed by atoms with Gasteiger partial charge in [-0.2, -0.15) is 0 Å². The van der Waals surface area contributed by atoms with Gasteiger partial charge in [0.2, 0.25) is 5.91 Å². The van der Waals surface area contributed by atoms with Gasteiger partial charge in [0.1, 0.15) is 12.2 Å². The highest BCUT2D eigenvalue weighted by atomic mass is 16.4. The molecule has 0 saturated heterocycles. The molecule has 0 bridgehead atoms. The number of nitrogens with two attached hydrogens (primary N) is 1. The Labute approximate surface area is 202 Å². The summed E-state index contributed by atoms with van der Waals surface area (Å²) in [5.41, 5.74) is 7.13. The maximum absolute atomic E-state index is 12.5. The zero-order valence-electron chi connectivity index (χ0n) is 18.9. The number of carbonyl (C=O) groups excluding carboxylic acids is 2. The lowest BCUT2D eigenvalue weighted by Gasteiger charge is -2.30. The molecule has 2 aromatic carbocycles. The van der Waals surface area contributed by atoms with E-state index in [2.05, 4.69) is 10.6 Å². The van der Waals surface area contributed by atoms with Crippen LogP contribution in [0.15, 0.2) is 60.7 Å². The molecule has 0 aliphatic rings. The van der Waals surface area contributed by atoms with E-state index in [0.717, 1.165) is 5.56 Å². The lowest BCUT2D eigenvalue weighted by Crippen LogP contribution is -2.58. The van der Waals surface area contributed by atoms with Crippen molar-refractivity contribution in [3.63, 3.8) is 0 Å². The number of hydrogen-bond donors (Lipinski definition) is 8. The summed E-state index contributed by atoms with van der Waals surface area (Å²) in [5, 5.41) is 54.4. The largest absolute Gasteiger partial charge is 0.481 e. The van der Waals surface area contributed by atoms with Crippen molar-refractivity contribution in [1.82, 2.24) is 10.6 Å². The highest BCUT2D eigenvalue weighted by Gasteiger charge is 2.37. The predicted molar refractivity (Wildman–Crippen MR) is 125 cm³/mol. The molecule has 9 N–H and O–H groups in total. The minimum absolute atomic E-state index is 0.180. The molecule has 2 aromatic rings. The first-order valence-electron chi connectivity index (χ1n) is 11.0. The van der Waals surface area contributed by atoms with Crippen LogP contribution in [0.2, 0.25) is 0 Å². The van der Waals surface area contributed by atoms with Gasteiger partial charge in [0.15, 0.2) is 6.10 Å². The highest BCUT2D eigenvalue weighted by Crippen LogP contribution is 2.17. The second kappa shape index (κ2) is 13.5. The van der Waals surface area contributed by atoms with Crippen LogP contribution in [0.5, 0.6) is 0 Å². The standard InChI is InChI=1S/C24H31N3O8/c25-16(11-14-7-3-1-4-8-14)23(34)27-18(13-28)20(31)21(32)22(33)24(35)26-17(12-19(29)30)15-9-5-2-6-10-15/h1-10,16-18,20-22,28,31-33H,11-13,25H2,(H,26,35)(H,27,34)(H,29,30). The van der Waals surface area contributed by atoms with Crippen LogP contribution in [0, 0.1) is 0 Å². The van der Waals surface area contributed by atoms with Gasteiger partial charge in [0, 0.05) is 0 Å². The minimum Gasteiger partial charge on any atom is -0.481 e. The Morgan fingerprint density at radius 2 is 1.40 bits per heavy atom. The third kappa shape index (κ3) is 8.42. The molecule has 6 atom stereocenters. The van der Waals surface area contributed by atoms with Gasteiger partial charge in [0.25, 0.3) is 5.91 Å². The Morgan fingerprint density at radius 3 is 1.94 bits per heavy atom. The molecule has 0 saturated carbocycles. The number of amides is 2. The number of carboxylic acid groups (broad SMARTS) is 1.